The molecule has 0 amide bonds. The predicted octanol–water partition coefficient (Wildman–Crippen LogP) is 2.55. The van der Waals surface area contributed by atoms with Gasteiger partial charge in [-0.2, -0.15) is 0 Å². The van der Waals surface area contributed by atoms with E-state index >= 15 is 0 Å². The molecule has 0 atom stereocenters. The average Bonchev–Trinajstić information content (AvgIpc) is 2.54. The lowest BCUT2D eigenvalue weighted by molar-refractivity contribution is -0.921. The Morgan fingerprint density at radius 3 is 1.33 bits per heavy atom. The monoisotopic (exact) mass is 315 g/mol. The van der Waals surface area contributed by atoms with Crippen LogP contribution in [0.3, 0.4) is 0 Å². The third kappa shape index (κ3) is 11.8. The maximum atomic E-state index is 2.27. The van der Waals surface area contributed by atoms with Gasteiger partial charge in [-0.15, -0.1) is 0 Å². The molecular formula is C19H38ClN. The first-order valence-corrected chi connectivity index (χ1v) is 8.56. The molecule has 0 aliphatic heterocycles. The van der Waals surface area contributed by atoms with Gasteiger partial charge in [0.1, 0.15) is 0 Å². The topological polar surface area (TPSA) is 0 Å². The molecule has 0 saturated carbocycles. The number of hydrogen-bond acceptors (Lipinski definition) is 0. The Bertz CT molecular complexity index is 263. The van der Waals surface area contributed by atoms with Crippen molar-refractivity contribution in [3.8, 4) is 0 Å². The Labute approximate surface area is 140 Å². The zero-order valence-electron chi connectivity index (χ0n) is 15.5. The van der Waals surface area contributed by atoms with Gasteiger partial charge in [0, 0.05) is 0 Å². The number of halogens is 1. The minimum atomic E-state index is 0. The Hall–Kier alpha value is -0.530. The van der Waals surface area contributed by atoms with Crippen LogP contribution < -0.4 is 12.4 Å². The van der Waals surface area contributed by atoms with Crippen molar-refractivity contribution in [2.24, 2.45) is 0 Å². The van der Waals surface area contributed by atoms with Crippen molar-refractivity contribution in [3.05, 3.63) is 35.9 Å². The van der Waals surface area contributed by atoms with Crippen LogP contribution >= 0.6 is 0 Å². The highest BCUT2D eigenvalue weighted by Crippen LogP contribution is 2.03. The van der Waals surface area contributed by atoms with Crippen molar-refractivity contribution in [1.29, 1.82) is 0 Å². The highest BCUT2D eigenvalue weighted by molar-refractivity contribution is 5.14. The van der Waals surface area contributed by atoms with Crippen molar-refractivity contribution in [2.75, 3.05) is 26.2 Å². The van der Waals surface area contributed by atoms with Crippen LogP contribution in [0.2, 0.25) is 0 Å². The SMILES string of the molecule is CC.CCCc1ccccc1.CC[N+](CC)(CC)CC.[Cl-]. The lowest BCUT2D eigenvalue weighted by Gasteiger charge is -2.34. The standard InChI is InChI=1S/C9H12.C8H20N.C2H6.ClH/c1-2-6-9-7-4-3-5-8-9;1-5-9(6-2,7-3)8-4;1-2;/h3-5,7-8H,2,6H2,1H3;5-8H2,1-4H3;1-2H3;1H/q;+1;;/p-1. The molecule has 0 radical (unpaired) electrons. The van der Waals surface area contributed by atoms with Gasteiger partial charge < -0.3 is 16.9 Å². The molecule has 2 heteroatoms. The third-order valence-electron chi connectivity index (χ3n) is 4.06. The maximum absolute atomic E-state index is 2.27. The van der Waals surface area contributed by atoms with Crippen molar-refractivity contribution >= 4 is 0 Å². The van der Waals surface area contributed by atoms with Gasteiger partial charge in [0.25, 0.3) is 0 Å². The quantitative estimate of drug-likeness (QED) is 0.708. The normalized spacial score (nSPS) is 9.48. The van der Waals surface area contributed by atoms with E-state index in [0.29, 0.717) is 0 Å². The summed E-state index contributed by atoms with van der Waals surface area (Å²) in [5, 5.41) is 0. The summed E-state index contributed by atoms with van der Waals surface area (Å²) in [6, 6.07) is 10.6. The van der Waals surface area contributed by atoms with Gasteiger partial charge in [0.15, 0.2) is 0 Å². The molecule has 0 unspecified atom stereocenters. The highest BCUT2D eigenvalue weighted by Gasteiger charge is 2.16. The molecule has 1 nitrogen and oxygen atoms in total. The van der Waals surface area contributed by atoms with Crippen LogP contribution in [-0.2, 0) is 6.42 Å². The van der Waals surface area contributed by atoms with Gasteiger partial charge >= 0.3 is 0 Å². The summed E-state index contributed by atoms with van der Waals surface area (Å²) in [4.78, 5) is 0. The molecule has 0 heterocycles. The zero-order chi connectivity index (χ0) is 15.9. The molecule has 21 heavy (non-hydrogen) atoms. The van der Waals surface area contributed by atoms with Crippen molar-refractivity contribution in [2.45, 2.75) is 61.3 Å². The number of aryl methyl sites for hydroxylation is 1. The molecule has 0 bridgehead atoms. The van der Waals surface area contributed by atoms with Crippen molar-refractivity contribution in [3.63, 3.8) is 0 Å². The molecule has 0 fully saturated rings. The average molecular weight is 316 g/mol. The Morgan fingerprint density at radius 2 is 1.10 bits per heavy atom. The van der Waals surface area contributed by atoms with Crippen molar-refractivity contribution in [1.82, 2.24) is 0 Å². The summed E-state index contributed by atoms with van der Waals surface area (Å²) in [6.07, 6.45) is 2.45. The second-order valence-electron chi connectivity index (χ2n) is 4.84. The molecule has 126 valence electrons. The first kappa shape index (κ1) is 25.4. The predicted molar refractivity (Wildman–Crippen MR) is 94.2 cm³/mol. The summed E-state index contributed by atoms with van der Waals surface area (Å²) < 4.78 is 1.28. The molecule has 0 aromatic heterocycles. The number of quaternary nitrogens is 1. The zero-order valence-corrected chi connectivity index (χ0v) is 16.2. The fourth-order valence-electron chi connectivity index (χ4n) is 2.27. The van der Waals surface area contributed by atoms with E-state index in [1.165, 1.54) is 49.1 Å². The van der Waals surface area contributed by atoms with Gasteiger partial charge in [-0.1, -0.05) is 57.5 Å². The van der Waals surface area contributed by atoms with Crippen LogP contribution in [0.15, 0.2) is 30.3 Å². The fraction of sp³-hybridized carbons (Fsp3) is 0.684. The van der Waals surface area contributed by atoms with E-state index in [9.17, 15) is 0 Å². The Balaban J connectivity index is -0.000000264. The van der Waals surface area contributed by atoms with Crippen molar-refractivity contribution < 1.29 is 16.9 Å². The summed E-state index contributed by atoms with van der Waals surface area (Å²) in [6.45, 7) is 20.4. The van der Waals surface area contributed by atoms with Gasteiger partial charge in [-0.3, -0.25) is 0 Å². The summed E-state index contributed by atoms with van der Waals surface area (Å²) in [5.41, 5.74) is 1.44. The molecular weight excluding hydrogens is 278 g/mol. The molecule has 0 aliphatic rings. The van der Waals surface area contributed by atoms with Crippen LogP contribution in [0.25, 0.3) is 0 Å². The maximum Gasteiger partial charge on any atom is 0.0757 e. The number of rotatable bonds is 6. The molecule has 1 aromatic rings. The Morgan fingerprint density at radius 1 is 0.714 bits per heavy atom. The first-order chi connectivity index (χ1) is 9.67. The molecule has 1 rings (SSSR count). The van der Waals surface area contributed by atoms with Crippen LogP contribution in [0, 0.1) is 0 Å². The van der Waals surface area contributed by atoms with E-state index in [0.717, 1.165) is 0 Å². The smallest absolute Gasteiger partial charge is 0.0757 e. The minimum absolute atomic E-state index is 0. The van der Waals surface area contributed by atoms with Gasteiger partial charge in [-0.25, -0.2) is 0 Å². The van der Waals surface area contributed by atoms with E-state index in [-0.39, 0.29) is 12.4 Å². The lowest BCUT2D eigenvalue weighted by Crippen LogP contribution is -3.00. The second kappa shape index (κ2) is 17.5. The number of benzene rings is 1. The molecule has 0 N–H and O–H groups in total. The van der Waals surface area contributed by atoms with Gasteiger partial charge in [-0.05, 0) is 39.7 Å². The minimum Gasteiger partial charge on any atom is -1.00 e. The van der Waals surface area contributed by atoms with E-state index in [1.54, 1.807) is 0 Å². The first-order valence-electron chi connectivity index (χ1n) is 8.56. The van der Waals surface area contributed by atoms with E-state index in [4.69, 9.17) is 0 Å². The molecule has 0 saturated heterocycles. The summed E-state index contributed by atoms with van der Waals surface area (Å²) >= 11 is 0. The van der Waals surface area contributed by atoms with E-state index in [1.807, 2.05) is 13.8 Å². The largest absolute Gasteiger partial charge is 1.00 e. The molecule has 1 aromatic carbocycles. The second-order valence-corrected chi connectivity index (χ2v) is 4.84. The van der Waals surface area contributed by atoms with Crippen LogP contribution in [-0.4, -0.2) is 30.7 Å². The Kier molecular flexibility index (Phi) is 21.2. The van der Waals surface area contributed by atoms with Gasteiger partial charge in [0.05, 0.1) is 26.2 Å². The number of hydrogen-bond donors (Lipinski definition) is 0. The summed E-state index contributed by atoms with van der Waals surface area (Å²) in [5.74, 6) is 0. The number of nitrogens with zero attached hydrogens (tertiary/aromatic N) is 1. The summed E-state index contributed by atoms with van der Waals surface area (Å²) in [7, 11) is 0. The van der Waals surface area contributed by atoms with Crippen LogP contribution in [0.1, 0.15) is 60.5 Å². The van der Waals surface area contributed by atoms with Crippen LogP contribution in [0.5, 0.6) is 0 Å². The fourth-order valence-corrected chi connectivity index (χ4v) is 2.27. The highest BCUT2D eigenvalue weighted by atomic mass is 35.5. The van der Waals surface area contributed by atoms with Gasteiger partial charge in [0.2, 0.25) is 0 Å². The molecule has 0 aliphatic carbocycles. The van der Waals surface area contributed by atoms with E-state index < -0.39 is 0 Å². The van der Waals surface area contributed by atoms with E-state index in [2.05, 4.69) is 65.0 Å². The lowest BCUT2D eigenvalue weighted by atomic mass is 10.1. The van der Waals surface area contributed by atoms with Crippen LogP contribution in [0.4, 0.5) is 0 Å². The third-order valence-corrected chi connectivity index (χ3v) is 4.06. The molecule has 0 spiro atoms.